The van der Waals surface area contributed by atoms with Crippen molar-refractivity contribution in [3.8, 4) is 17.1 Å². The van der Waals surface area contributed by atoms with Crippen LogP contribution < -0.4 is 9.64 Å². The molecule has 166 valence electrons. The number of hydrogen-bond acceptors (Lipinski definition) is 8. The fraction of sp³-hybridized carbons (Fsp3) is 0.333. The Bertz CT molecular complexity index is 1120. The number of rotatable bonds is 6. The van der Waals surface area contributed by atoms with E-state index in [1.54, 1.807) is 24.2 Å². The fourth-order valence-electron chi connectivity index (χ4n) is 3.72. The lowest BCUT2D eigenvalue weighted by Gasteiger charge is -2.37. The summed E-state index contributed by atoms with van der Waals surface area (Å²) in [4.78, 5) is 35.5. The van der Waals surface area contributed by atoms with Gasteiger partial charge in [0.1, 0.15) is 6.54 Å². The Balaban J connectivity index is 1.43. The van der Waals surface area contributed by atoms with Gasteiger partial charge in [0.25, 0.3) is 0 Å². The number of benzene rings is 1. The van der Waals surface area contributed by atoms with Crippen LogP contribution in [0.5, 0.6) is 6.01 Å². The first kappa shape index (κ1) is 21.2. The Hall–Kier alpha value is -4.02. The molecule has 11 nitrogen and oxygen atoms in total. The van der Waals surface area contributed by atoms with Gasteiger partial charge in [-0.1, -0.05) is 18.2 Å². The number of nitro groups is 1. The maximum atomic E-state index is 12.7. The van der Waals surface area contributed by atoms with Crippen molar-refractivity contribution in [3.63, 3.8) is 0 Å². The van der Waals surface area contributed by atoms with Crippen LogP contribution >= 0.6 is 0 Å². The van der Waals surface area contributed by atoms with Crippen LogP contribution in [0.15, 0.2) is 42.7 Å². The molecule has 1 fully saturated rings. The van der Waals surface area contributed by atoms with Gasteiger partial charge in [-0.05, 0) is 17.9 Å². The maximum absolute atomic E-state index is 12.7. The Morgan fingerprint density at radius 1 is 1.16 bits per heavy atom. The maximum Gasteiger partial charge on any atom is 0.390 e. The second-order valence-electron chi connectivity index (χ2n) is 7.40. The zero-order valence-electron chi connectivity index (χ0n) is 17.8. The van der Waals surface area contributed by atoms with Crippen LogP contribution in [0.1, 0.15) is 5.69 Å². The first-order chi connectivity index (χ1) is 15.5. The molecule has 0 spiro atoms. The number of carbonyl (C=O) groups is 1. The van der Waals surface area contributed by atoms with Gasteiger partial charge in [0.05, 0.1) is 24.0 Å². The summed E-state index contributed by atoms with van der Waals surface area (Å²) in [6.07, 6.45) is 3.46. The predicted octanol–water partition coefficient (Wildman–Crippen LogP) is 1.91. The average molecular weight is 437 g/mol. The van der Waals surface area contributed by atoms with Gasteiger partial charge in [0, 0.05) is 55.4 Å². The molecule has 0 atom stereocenters. The fourth-order valence-corrected chi connectivity index (χ4v) is 3.72. The minimum absolute atomic E-state index is 0.0144. The standard InChI is InChI=1S/C21H23N7O4/c1-15-11-19(28(30)31)24-27(15)14-20(29)26-9-7-25(8-10-26)18-6-4-3-5-17(18)16-12-22-21(32-2)23-13-16/h3-6,11-13H,7-10,14H2,1-2H3. The number of para-hydroxylation sites is 1. The molecule has 0 unspecified atom stereocenters. The number of carbonyl (C=O) groups excluding carboxylic acids is 1. The van der Waals surface area contributed by atoms with Crippen molar-refractivity contribution in [3.05, 3.63) is 58.5 Å². The van der Waals surface area contributed by atoms with Gasteiger partial charge >= 0.3 is 11.8 Å². The lowest BCUT2D eigenvalue weighted by atomic mass is 10.1. The van der Waals surface area contributed by atoms with Gasteiger partial charge in [-0.3, -0.25) is 4.79 Å². The highest BCUT2D eigenvalue weighted by Gasteiger charge is 2.25. The first-order valence-corrected chi connectivity index (χ1v) is 10.1. The predicted molar refractivity (Wildman–Crippen MR) is 116 cm³/mol. The summed E-state index contributed by atoms with van der Waals surface area (Å²) in [5.41, 5.74) is 3.52. The average Bonchev–Trinajstić information content (AvgIpc) is 3.19. The van der Waals surface area contributed by atoms with Crippen molar-refractivity contribution in [1.82, 2.24) is 24.6 Å². The van der Waals surface area contributed by atoms with Crippen LogP contribution in [-0.4, -0.2) is 68.8 Å². The van der Waals surface area contributed by atoms with Crippen molar-refractivity contribution in [2.75, 3.05) is 38.2 Å². The molecule has 32 heavy (non-hydrogen) atoms. The highest BCUT2D eigenvalue weighted by molar-refractivity contribution is 5.79. The number of anilines is 1. The van der Waals surface area contributed by atoms with E-state index in [0.717, 1.165) is 16.8 Å². The summed E-state index contributed by atoms with van der Waals surface area (Å²) in [5.74, 6) is -0.359. The molecule has 1 amide bonds. The molecule has 11 heteroatoms. The van der Waals surface area contributed by atoms with E-state index in [1.165, 1.54) is 17.9 Å². The second-order valence-corrected chi connectivity index (χ2v) is 7.40. The van der Waals surface area contributed by atoms with Crippen LogP contribution in [0.4, 0.5) is 11.5 Å². The lowest BCUT2D eigenvalue weighted by Crippen LogP contribution is -2.49. The van der Waals surface area contributed by atoms with Gasteiger partial charge in [0.2, 0.25) is 5.91 Å². The van der Waals surface area contributed by atoms with Crippen molar-refractivity contribution in [1.29, 1.82) is 0 Å². The van der Waals surface area contributed by atoms with E-state index >= 15 is 0 Å². The Morgan fingerprint density at radius 3 is 2.47 bits per heavy atom. The summed E-state index contributed by atoms with van der Waals surface area (Å²) in [6, 6.07) is 9.69. The Kier molecular flexibility index (Phi) is 5.97. The van der Waals surface area contributed by atoms with Crippen molar-refractivity contribution < 1.29 is 14.5 Å². The van der Waals surface area contributed by atoms with Crippen LogP contribution in [0, 0.1) is 17.0 Å². The highest BCUT2D eigenvalue weighted by Crippen LogP contribution is 2.31. The van der Waals surface area contributed by atoms with Crippen molar-refractivity contribution in [2.24, 2.45) is 0 Å². The molecule has 3 heterocycles. The first-order valence-electron chi connectivity index (χ1n) is 10.1. The number of piperazine rings is 1. The van der Waals surface area contributed by atoms with E-state index in [4.69, 9.17) is 4.74 Å². The number of nitrogens with zero attached hydrogens (tertiary/aromatic N) is 7. The number of hydrogen-bond donors (Lipinski definition) is 0. The van der Waals surface area contributed by atoms with E-state index in [1.807, 2.05) is 24.3 Å². The zero-order chi connectivity index (χ0) is 22.7. The van der Waals surface area contributed by atoms with Crippen molar-refractivity contribution in [2.45, 2.75) is 13.5 Å². The quantitative estimate of drug-likeness (QED) is 0.424. The number of amides is 1. The van der Waals surface area contributed by atoms with E-state index in [-0.39, 0.29) is 18.3 Å². The Labute approximate surface area is 184 Å². The summed E-state index contributed by atoms with van der Waals surface area (Å²) in [5, 5.41) is 14.8. The van der Waals surface area contributed by atoms with Gasteiger partial charge < -0.3 is 24.7 Å². The number of ether oxygens (including phenoxy) is 1. The van der Waals surface area contributed by atoms with Gasteiger partial charge in [0.15, 0.2) is 0 Å². The molecule has 0 saturated carbocycles. The minimum Gasteiger partial charge on any atom is -0.467 e. The molecule has 0 radical (unpaired) electrons. The van der Waals surface area contributed by atoms with E-state index in [2.05, 4.69) is 20.0 Å². The summed E-state index contributed by atoms with van der Waals surface area (Å²) in [6.45, 7) is 4.11. The van der Waals surface area contributed by atoms with Crippen LogP contribution in [0.2, 0.25) is 0 Å². The molecule has 1 aliphatic heterocycles. The molecular weight excluding hydrogens is 414 g/mol. The molecule has 0 N–H and O–H groups in total. The normalized spacial score (nSPS) is 13.8. The van der Waals surface area contributed by atoms with Crippen LogP contribution in [0.3, 0.4) is 0 Å². The highest BCUT2D eigenvalue weighted by atomic mass is 16.6. The summed E-state index contributed by atoms with van der Waals surface area (Å²) in [7, 11) is 1.53. The summed E-state index contributed by atoms with van der Waals surface area (Å²) < 4.78 is 6.42. The van der Waals surface area contributed by atoms with Gasteiger partial charge in [-0.2, -0.15) is 4.68 Å². The lowest BCUT2D eigenvalue weighted by molar-refractivity contribution is -0.389. The molecule has 0 aliphatic carbocycles. The zero-order valence-corrected chi connectivity index (χ0v) is 17.8. The second kappa shape index (κ2) is 9.00. The van der Waals surface area contributed by atoms with E-state index < -0.39 is 4.92 Å². The molecule has 1 aliphatic rings. The molecule has 1 saturated heterocycles. The minimum atomic E-state index is -0.557. The smallest absolute Gasteiger partial charge is 0.390 e. The molecule has 2 aromatic heterocycles. The molecule has 1 aromatic carbocycles. The largest absolute Gasteiger partial charge is 0.467 e. The van der Waals surface area contributed by atoms with E-state index in [0.29, 0.717) is 37.9 Å². The van der Waals surface area contributed by atoms with E-state index in [9.17, 15) is 14.9 Å². The number of aryl methyl sites for hydroxylation is 1. The Morgan fingerprint density at radius 2 is 1.84 bits per heavy atom. The third-order valence-corrected chi connectivity index (χ3v) is 5.44. The van der Waals surface area contributed by atoms with Crippen LogP contribution in [0.25, 0.3) is 11.1 Å². The SMILES string of the molecule is COc1ncc(-c2ccccc2N2CCN(C(=O)Cn3nc([N+](=O)[O-])cc3C)CC2)cn1. The monoisotopic (exact) mass is 437 g/mol. The van der Waals surface area contributed by atoms with Gasteiger partial charge in [-0.25, -0.2) is 9.97 Å². The molecule has 3 aromatic rings. The van der Waals surface area contributed by atoms with Crippen LogP contribution in [-0.2, 0) is 11.3 Å². The topological polar surface area (TPSA) is 120 Å². The number of methoxy groups -OCH3 is 1. The molecule has 0 bridgehead atoms. The third-order valence-electron chi connectivity index (χ3n) is 5.44. The molecular formula is C21H23N7O4. The summed E-state index contributed by atoms with van der Waals surface area (Å²) >= 11 is 0. The van der Waals surface area contributed by atoms with Crippen molar-refractivity contribution >= 4 is 17.4 Å². The number of aromatic nitrogens is 4. The third kappa shape index (κ3) is 4.36. The van der Waals surface area contributed by atoms with Gasteiger partial charge in [-0.15, -0.1) is 0 Å². The molecule has 4 rings (SSSR count).